The summed E-state index contributed by atoms with van der Waals surface area (Å²) in [6.07, 6.45) is 2.02. The maximum atomic E-state index is 5.35. The van der Waals surface area contributed by atoms with E-state index in [-0.39, 0.29) is 0 Å². The SMILES string of the molecule is COc1nc2sccn2c1CNc1ccc(C)c(C)c1. The molecule has 2 aromatic heterocycles. The Morgan fingerprint density at radius 3 is 2.90 bits per heavy atom. The average Bonchev–Trinajstić information content (AvgIpc) is 3.00. The summed E-state index contributed by atoms with van der Waals surface area (Å²) in [5, 5.41) is 5.46. The molecule has 20 heavy (non-hydrogen) atoms. The van der Waals surface area contributed by atoms with Crippen LogP contribution < -0.4 is 10.1 Å². The van der Waals surface area contributed by atoms with Gasteiger partial charge in [0.1, 0.15) is 5.69 Å². The lowest BCUT2D eigenvalue weighted by Crippen LogP contribution is -2.04. The molecule has 0 fully saturated rings. The van der Waals surface area contributed by atoms with Crippen LogP contribution in [0.3, 0.4) is 0 Å². The first-order chi connectivity index (χ1) is 9.69. The Hall–Kier alpha value is -2.01. The standard InChI is InChI=1S/C15H17N3OS/c1-10-4-5-12(8-11(10)2)16-9-13-14(19-3)17-15-18(13)6-7-20-15/h4-8,16H,9H2,1-3H3. The molecule has 3 rings (SSSR count). The van der Waals surface area contributed by atoms with Crippen LogP contribution in [0.1, 0.15) is 16.8 Å². The number of aromatic nitrogens is 2. The minimum atomic E-state index is 0.684. The fourth-order valence-corrected chi connectivity index (χ4v) is 2.90. The molecule has 0 spiro atoms. The minimum absolute atomic E-state index is 0.684. The van der Waals surface area contributed by atoms with E-state index in [1.54, 1.807) is 18.4 Å². The summed E-state index contributed by atoms with van der Waals surface area (Å²) in [5.74, 6) is 0.688. The number of nitrogens with zero attached hydrogens (tertiary/aromatic N) is 2. The van der Waals surface area contributed by atoms with Gasteiger partial charge in [-0.25, -0.2) is 0 Å². The highest BCUT2D eigenvalue weighted by atomic mass is 32.1. The van der Waals surface area contributed by atoms with Crippen LogP contribution in [0.15, 0.2) is 29.8 Å². The summed E-state index contributed by atoms with van der Waals surface area (Å²) in [4.78, 5) is 5.41. The predicted octanol–water partition coefficient (Wildman–Crippen LogP) is 3.63. The predicted molar refractivity (Wildman–Crippen MR) is 82.9 cm³/mol. The van der Waals surface area contributed by atoms with Gasteiger partial charge in [-0.15, -0.1) is 11.3 Å². The van der Waals surface area contributed by atoms with Gasteiger partial charge >= 0.3 is 0 Å². The number of ether oxygens (including phenoxy) is 1. The molecule has 0 aliphatic carbocycles. The Bertz CT molecular complexity index is 745. The number of fused-ring (bicyclic) bond motifs is 1. The molecule has 0 saturated carbocycles. The van der Waals surface area contributed by atoms with Gasteiger partial charge in [-0.2, -0.15) is 4.98 Å². The highest BCUT2D eigenvalue weighted by molar-refractivity contribution is 7.15. The van der Waals surface area contributed by atoms with Crippen LogP contribution >= 0.6 is 11.3 Å². The molecule has 3 aromatic rings. The molecule has 0 bridgehead atoms. The lowest BCUT2D eigenvalue weighted by atomic mass is 10.1. The van der Waals surface area contributed by atoms with Crippen molar-refractivity contribution in [3.05, 3.63) is 46.6 Å². The zero-order valence-electron chi connectivity index (χ0n) is 11.8. The molecule has 1 aromatic carbocycles. The summed E-state index contributed by atoms with van der Waals surface area (Å²) in [6, 6.07) is 6.39. The van der Waals surface area contributed by atoms with Crippen LogP contribution in [0.5, 0.6) is 5.88 Å². The molecule has 0 unspecified atom stereocenters. The van der Waals surface area contributed by atoms with E-state index >= 15 is 0 Å². The van der Waals surface area contributed by atoms with E-state index in [1.807, 2.05) is 11.6 Å². The van der Waals surface area contributed by atoms with Crippen molar-refractivity contribution in [3.8, 4) is 5.88 Å². The lowest BCUT2D eigenvalue weighted by Gasteiger charge is -2.09. The molecule has 4 nitrogen and oxygen atoms in total. The molecule has 0 atom stereocenters. The van der Waals surface area contributed by atoms with Crippen LogP contribution in [0.25, 0.3) is 4.96 Å². The van der Waals surface area contributed by atoms with E-state index in [0.29, 0.717) is 12.4 Å². The van der Waals surface area contributed by atoms with E-state index in [0.717, 1.165) is 16.3 Å². The second-order valence-electron chi connectivity index (χ2n) is 4.78. The van der Waals surface area contributed by atoms with Crippen molar-refractivity contribution in [3.63, 3.8) is 0 Å². The largest absolute Gasteiger partial charge is 0.480 e. The Morgan fingerprint density at radius 1 is 1.30 bits per heavy atom. The van der Waals surface area contributed by atoms with Crippen molar-refractivity contribution in [2.75, 3.05) is 12.4 Å². The number of nitrogens with one attached hydrogen (secondary N) is 1. The first kappa shape index (κ1) is 13.0. The van der Waals surface area contributed by atoms with E-state index < -0.39 is 0 Å². The Kier molecular flexibility index (Phi) is 3.36. The van der Waals surface area contributed by atoms with Crippen molar-refractivity contribution in [2.45, 2.75) is 20.4 Å². The van der Waals surface area contributed by atoms with Gasteiger partial charge in [0, 0.05) is 17.3 Å². The summed E-state index contributed by atoms with van der Waals surface area (Å²) in [6.45, 7) is 4.93. The molecule has 5 heteroatoms. The number of methoxy groups -OCH3 is 1. The van der Waals surface area contributed by atoms with Crippen molar-refractivity contribution >= 4 is 22.0 Å². The molecular formula is C15H17N3OS. The number of thiazole rings is 1. The third kappa shape index (κ3) is 2.25. The van der Waals surface area contributed by atoms with Gasteiger partial charge in [0.05, 0.1) is 13.7 Å². The van der Waals surface area contributed by atoms with Crippen molar-refractivity contribution in [2.24, 2.45) is 0 Å². The zero-order valence-corrected chi connectivity index (χ0v) is 12.6. The van der Waals surface area contributed by atoms with Gasteiger partial charge in [-0.1, -0.05) is 6.07 Å². The van der Waals surface area contributed by atoms with Crippen LogP contribution in [-0.4, -0.2) is 16.5 Å². The van der Waals surface area contributed by atoms with E-state index in [9.17, 15) is 0 Å². The average molecular weight is 287 g/mol. The molecule has 104 valence electrons. The number of hydrogen-bond donors (Lipinski definition) is 1. The molecule has 0 aliphatic rings. The van der Waals surface area contributed by atoms with Crippen molar-refractivity contribution < 1.29 is 4.74 Å². The highest BCUT2D eigenvalue weighted by Gasteiger charge is 2.13. The Balaban J connectivity index is 1.85. The minimum Gasteiger partial charge on any atom is -0.480 e. The fraction of sp³-hybridized carbons (Fsp3) is 0.267. The number of hydrogen-bond acceptors (Lipinski definition) is 4. The molecule has 2 heterocycles. The number of anilines is 1. The van der Waals surface area contributed by atoms with Crippen molar-refractivity contribution in [1.82, 2.24) is 9.38 Å². The van der Waals surface area contributed by atoms with Crippen molar-refractivity contribution in [1.29, 1.82) is 0 Å². The van der Waals surface area contributed by atoms with Crippen LogP contribution in [-0.2, 0) is 6.54 Å². The summed E-state index contributed by atoms with van der Waals surface area (Å²) in [7, 11) is 1.66. The zero-order chi connectivity index (χ0) is 14.1. The molecule has 1 N–H and O–H groups in total. The maximum absolute atomic E-state index is 5.35. The second kappa shape index (κ2) is 5.17. The van der Waals surface area contributed by atoms with Gasteiger partial charge in [-0.3, -0.25) is 4.40 Å². The quantitative estimate of drug-likeness (QED) is 0.796. The second-order valence-corrected chi connectivity index (χ2v) is 5.65. The lowest BCUT2D eigenvalue weighted by molar-refractivity contribution is 0.395. The third-order valence-corrected chi connectivity index (χ3v) is 4.24. The highest BCUT2D eigenvalue weighted by Crippen LogP contribution is 2.24. The van der Waals surface area contributed by atoms with Crippen LogP contribution in [0.2, 0.25) is 0 Å². The molecule has 0 aliphatic heterocycles. The fourth-order valence-electron chi connectivity index (χ4n) is 2.17. The first-order valence-electron chi connectivity index (χ1n) is 6.48. The normalized spacial score (nSPS) is 10.9. The van der Waals surface area contributed by atoms with Crippen LogP contribution in [0, 0.1) is 13.8 Å². The van der Waals surface area contributed by atoms with Gasteiger partial charge in [0.25, 0.3) is 0 Å². The summed E-state index contributed by atoms with van der Waals surface area (Å²) >= 11 is 1.61. The number of imidazole rings is 1. The molecule has 0 saturated heterocycles. The summed E-state index contributed by atoms with van der Waals surface area (Å²) < 4.78 is 7.42. The van der Waals surface area contributed by atoms with Gasteiger partial charge in [0.15, 0.2) is 4.96 Å². The van der Waals surface area contributed by atoms with E-state index in [1.165, 1.54) is 11.1 Å². The first-order valence-corrected chi connectivity index (χ1v) is 7.36. The topological polar surface area (TPSA) is 38.6 Å². The van der Waals surface area contributed by atoms with Crippen LogP contribution in [0.4, 0.5) is 5.69 Å². The Labute approximate surface area is 122 Å². The smallest absolute Gasteiger partial charge is 0.238 e. The van der Waals surface area contributed by atoms with Gasteiger partial charge in [-0.05, 0) is 37.1 Å². The monoisotopic (exact) mass is 287 g/mol. The Morgan fingerprint density at radius 2 is 2.15 bits per heavy atom. The number of aryl methyl sites for hydroxylation is 2. The summed E-state index contributed by atoms with van der Waals surface area (Å²) in [5.41, 5.74) is 4.75. The van der Waals surface area contributed by atoms with Gasteiger partial charge in [0.2, 0.25) is 5.88 Å². The number of benzene rings is 1. The maximum Gasteiger partial charge on any atom is 0.238 e. The third-order valence-electron chi connectivity index (χ3n) is 3.48. The molecule has 0 radical (unpaired) electrons. The molecule has 0 amide bonds. The number of rotatable bonds is 4. The van der Waals surface area contributed by atoms with E-state index in [4.69, 9.17) is 4.74 Å². The molecular weight excluding hydrogens is 270 g/mol. The van der Waals surface area contributed by atoms with E-state index in [2.05, 4.69) is 46.7 Å². The van der Waals surface area contributed by atoms with Gasteiger partial charge < -0.3 is 10.1 Å².